The van der Waals surface area contributed by atoms with Gasteiger partial charge in [-0.2, -0.15) is 4.98 Å². The van der Waals surface area contributed by atoms with Gasteiger partial charge in [0.05, 0.1) is 23.2 Å². The van der Waals surface area contributed by atoms with Gasteiger partial charge in [-0.25, -0.2) is 9.97 Å². The molecule has 2 heterocycles. The number of nitrogens with one attached hydrogen (secondary N) is 1. The summed E-state index contributed by atoms with van der Waals surface area (Å²) in [5.41, 5.74) is 1.16. The number of rotatable bonds is 5. The molecule has 2 aromatic rings. The summed E-state index contributed by atoms with van der Waals surface area (Å²) in [6.45, 7) is 2.07. The fraction of sp³-hybridized carbons (Fsp3) is 0.417. The van der Waals surface area contributed by atoms with Crippen LogP contribution in [0.15, 0.2) is 12.3 Å². The highest BCUT2D eigenvalue weighted by Crippen LogP contribution is 2.23. The second-order valence-electron chi connectivity index (χ2n) is 4.18. The summed E-state index contributed by atoms with van der Waals surface area (Å²) in [5.74, 6) is 0.513. The van der Waals surface area contributed by atoms with Crippen molar-refractivity contribution < 1.29 is 5.11 Å². The number of pyridine rings is 1. The van der Waals surface area contributed by atoms with E-state index in [4.69, 9.17) is 23.2 Å². The molecule has 0 radical (unpaired) electrons. The molecule has 19 heavy (non-hydrogen) atoms. The van der Waals surface area contributed by atoms with Crippen molar-refractivity contribution in [3.63, 3.8) is 0 Å². The zero-order chi connectivity index (χ0) is 13.8. The number of anilines is 1. The molecule has 7 heteroatoms. The molecule has 0 amide bonds. The fourth-order valence-electron chi connectivity index (χ4n) is 1.82. The quantitative estimate of drug-likeness (QED) is 0.831. The van der Waals surface area contributed by atoms with Gasteiger partial charge < -0.3 is 10.4 Å². The Morgan fingerprint density at radius 3 is 2.84 bits per heavy atom. The molecule has 0 fully saturated rings. The van der Waals surface area contributed by atoms with Crippen LogP contribution < -0.4 is 5.32 Å². The van der Waals surface area contributed by atoms with E-state index < -0.39 is 0 Å². The first kappa shape index (κ1) is 14.2. The predicted molar refractivity (Wildman–Crippen MR) is 76.8 cm³/mol. The van der Waals surface area contributed by atoms with E-state index in [1.54, 1.807) is 6.07 Å². The molecule has 2 N–H and O–H groups in total. The molecule has 0 spiro atoms. The largest absolute Gasteiger partial charge is 0.394 e. The lowest BCUT2D eigenvalue weighted by Crippen LogP contribution is -2.24. The predicted octanol–water partition coefficient (Wildman–Crippen LogP) is 2.90. The molecule has 0 aliphatic rings. The summed E-state index contributed by atoms with van der Waals surface area (Å²) < 4.78 is 0. The van der Waals surface area contributed by atoms with Crippen molar-refractivity contribution in [2.45, 2.75) is 25.8 Å². The van der Waals surface area contributed by atoms with Gasteiger partial charge in [-0.05, 0) is 24.1 Å². The van der Waals surface area contributed by atoms with E-state index in [1.165, 1.54) is 6.20 Å². The van der Waals surface area contributed by atoms with Crippen LogP contribution >= 0.6 is 23.2 Å². The van der Waals surface area contributed by atoms with Gasteiger partial charge >= 0.3 is 0 Å². The molecule has 0 aromatic carbocycles. The minimum absolute atomic E-state index is 0.0184. The summed E-state index contributed by atoms with van der Waals surface area (Å²) in [6, 6.07) is 1.59. The van der Waals surface area contributed by atoms with Crippen LogP contribution in [0, 0.1) is 0 Å². The monoisotopic (exact) mass is 300 g/mol. The molecule has 2 rings (SSSR count). The lowest BCUT2D eigenvalue weighted by Gasteiger charge is -2.16. The van der Waals surface area contributed by atoms with Gasteiger partial charge in [-0.3, -0.25) is 0 Å². The molecule has 1 atom stereocenters. The minimum atomic E-state index is -0.0864. The zero-order valence-electron chi connectivity index (χ0n) is 10.4. The maximum atomic E-state index is 9.32. The highest BCUT2D eigenvalue weighted by Gasteiger charge is 2.13. The Hall–Kier alpha value is -1.17. The molecular weight excluding hydrogens is 287 g/mol. The number of halogens is 2. The van der Waals surface area contributed by atoms with Crippen LogP contribution in [0.25, 0.3) is 11.0 Å². The fourth-order valence-corrected chi connectivity index (χ4v) is 2.15. The van der Waals surface area contributed by atoms with Gasteiger partial charge in [0.15, 0.2) is 5.82 Å². The minimum Gasteiger partial charge on any atom is -0.394 e. The molecule has 0 unspecified atom stereocenters. The Balaban J connectivity index is 2.41. The van der Waals surface area contributed by atoms with Crippen LogP contribution in [-0.2, 0) is 0 Å². The number of fused-ring (bicyclic) bond motifs is 1. The van der Waals surface area contributed by atoms with E-state index in [2.05, 4.69) is 20.3 Å². The van der Waals surface area contributed by atoms with Gasteiger partial charge in [0, 0.05) is 6.20 Å². The average Bonchev–Trinajstić information content (AvgIpc) is 2.37. The van der Waals surface area contributed by atoms with Crippen LogP contribution in [0.3, 0.4) is 0 Å². The highest BCUT2D eigenvalue weighted by atomic mass is 35.5. The first-order chi connectivity index (χ1) is 9.13. The molecule has 0 aliphatic heterocycles. The van der Waals surface area contributed by atoms with E-state index in [9.17, 15) is 5.11 Å². The second-order valence-corrected chi connectivity index (χ2v) is 4.95. The third kappa shape index (κ3) is 3.43. The summed E-state index contributed by atoms with van der Waals surface area (Å²) in [4.78, 5) is 12.4. The van der Waals surface area contributed by atoms with Crippen molar-refractivity contribution in [3.8, 4) is 0 Å². The number of aliphatic hydroxyl groups excluding tert-OH is 1. The molecule has 5 nitrogen and oxygen atoms in total. The molecule has 102 valence electrons. The van der Waals surface area contributed by atoms with Crippen LogP contribution in [0.5, 0.6) is 0 Å². The number of hydrogen-bond donors (Lipinski definition) is 2. The lowest BCUT2D eigenvalue weighted by atomic mass is 10.2. The van der Waals surface area contributed by atoms with Crippen molar-refractivity contribution in [2.24, 2.45) is 0 Å². The summed E-state index contributed by atoms with van der Waals surface area (Å²) in [7, 11) is 0. The Morgan fingerprint density at radius 2 is 2.16 bits per heavy atom. The lowest BCUT2D eigenvalue weighted by molar-refractivity contribution is 0.268. The Morgan fingerprint density at radius 1 is 1.37 bits per heavy atom. The third-order valence-electron chi connectivity index (χ3n) is 2.67. The maximum Gasteiger partial charge on any atom is 0.225 e. The van der Waals surface area contributed by atoms with Crippen LogP contribution in [0.1, 0.15) is 19.8 Å². The van der Waals surface area contributed by atoms with Gasteiger partial charge in [0.1, 0.15) is 5.52 Å². The molecule has 0 bridgehead atoms. The molecule has 2 aromatic heterocycles. The molecular formula is C12H14Cl2N4O. The highest BCUT2D eigenvalue weighted by molar-refractivity contribution is 6.31. The third-order valence-corrected chi connectivity index (χ3v) is 3.05. The van der Waals surface area contributed by atoms with Crippen molar-refractivity contribution in [1.29, 1.82) is 0 Å². The Labute approximate surface area is 121 Å². The second kappa shape index (κ2) is 6.32. The molecule has 0 saturated carbocycles. The summed E-state index contributed by atoms with van der Waals surface area (Å²) in [5, 5.41) is 13.1. The Kier molecular flexibility index (Phi) is 4.74. The summed E-state index contributed by atoms with van der Waals surface area (Å²) >= 11 is 11.8. The van der Waals surface area contributed by atoms with Gasteiger partial charge in [-0.1, -0.05) is 24.9 Å². The Bertz CT molecular complexity index is 574. The van der Waals surface area contributed by atoms with E-state index in [0.29, 0.717) is 21.9 Å². The number of nitrogens with zero attached hydrogens (tertiary/aromatic N) is 3. The van der Waals surface area contributed by atoms with Gasteiger partial charge in [0.25, 0.3) is 0 Å². The van der Waals surface area contributed by atoms with Crippen molar-refractivity contribution in [3.05, 3.63) is 22.6 Å². The van der Waals surface area contributed by atoms with Crippen LogP contribution in [-0.4, -0.2) is 32.7 Å². The SMILES string of the molecule is CCC[C@H](CO)Nc1nc(Cl)nc2cc(Cl)cnc12. The average molecular weight is 301 g/mol. The smallest absolute Gasteiger partial charge is 0.225 e. The standard InChI is InChI=1S/C12H14Cl2N4O/c1-2-3-8(6-19)16-11-10-9(17-12(14)18-11)4-7(13)5-15-10/h4-5,8,19H,2-3,6H2,1H3,(H,16,17,18)/t8-/m1/s1. The first-order valence-electron chi connectivity index (χ1n) is 6.00. The zero-order valence-corrected chi connectivity index (χ0v) is 11.9. The maximum absolute atomic E-state index is 9.32. The van der Waals surface area contributed by atoms with Crippen LogP contribution in [0.4, 0.5) is 5.82 Å². The van der Waals surface area contributed by atoms with E-state index in [-0.39, 0.29) is 17.9 Å². The normalized spacial score (nSPS) is 12.6. The van der Waals surface area contributed by atoms with E-state index in [0.717, 1.165) is 12.8 Å². The van der Waals surface area contributed by atoms with Crippen molar-refractivity contribution in [2.75, 3.05) is 11.9 Å². The summed E-state index contributed by atoms with van der Waals surface area (Å²) in [6.07, 6.45) is 3.31. The number of aliphatic hydroxyl groups is 1. The molecule has 0 saturated heterocycles. The van der Waals surface area contributed by atoms with Crippen molar-refractivity contribution in [1.82, 2.24) is 15.0 Å². The van der Waals surface area contributed by atoms with Gasteiger partial charge in [-0.15, -0.1) is 0 Å². The number of hydrogen-bond acceptors (Lipinski definition) is 5. The first-order valence-corrected chi connectivity index (χ1v) is 6.75. The number of aromatic nitrogens is 3. The van der Waals surface area contributed by atoms with E-state index in [1.807, 2.05) is 6.92 Å². The topological polar surface area (TPSA) is 70.9 Å². The van der Waals surface area contributed by atoms with E-state index >= 15 is 0 Å². The van der Waals surface area contributed by atoms with Crippen LogP contribution in [0.2, 0.25) is 10.3 Å². The van der Waals surface area contributed by atoms with Gasteiger partial charge in [0.2, 0.25) is 5.28 Å². The molecule has 0 aliphatic carbocycles. The van der Waals surface area contributed by atoms with Crippen molar-refractivity contribution >= 4 is 40.1 Å².